The highest BCUT2D eigenvalue weighted by Crippen LogP contribution is 2.39. The number of benzene rings is 1. The van der Waals surface area contributed by atoms with Crippen LogP contribution >= 0.6 is 23.7 Å². The molecule has 22 heavy (non-hydrogen) atoms. The number of halogens is 1. The van der Waals surface area contributed by atoms with Crippen molar-refractivity contribution < 1.29 is 9.53 Å². The van der Waals surface area contributed by atoms with Crippen molar-refractivity contribution in [1.82, 2.24) is 4.98 Å². The van der Waals surface area contributed by atoms with Crippen molar-refractivity contribution in [2.75, 3.05) is 19.0 Å². The highest BCUT2D eigenvalue weighted by molar-refractivity contribution is 7.22. The Morgan fingerprint density at radius 3 is 2.82 bits per heavy atom. The van der Waals surface area contributed by atoms with E-state index in [4.69, 9.17) is 10.5 Å². The van der Waals surface area contributed by atoms with Crippen LogP contribution in [-0.2, 0) is 4.79 Å². The lowest BCUT2D eigenvalue weighted by molar-refractivity contribution is -0.124. The minimum absolute atomic E-state index is 0. The number of anilines is 1. The molecule has 1 fully saturated rings. The number of nitrogens with two attached hydrogens (primary N) is 1. The second-order valence-corrected chi connectivity index (χ2v) is 6.53. The molecule has 0 atom stereocenters. The Balaban J connectivity index is 0.00000176. The summed E-state index contributed by atoms with van der Waals surface area (Å²) in [5.41, 5.74) is 6.30. The standard InChI is InChI=1S/C15H19N3O2S.ClH/c1-20-10-4-5-11-12(8-10)21-14(17-11)18-13(19)15(9-16)6-2-3-7-15;/h4-5,8H,2-3,6-7,9,16H2,1H3,(H,17,18,19);1H. The van der Waals surface area contributed by atoms with Crippen molar-refractivity contribution in [3.05, 3.63) is 18.2 Å². The third-order valence-corrected chi connectivity index (χ3v) is 5.18. The van der Waals surface area contributed by atoms with Gasteiger partial charge in [-0.1, -0.05) is 24.2 Å². The van der Waals surface area contributed by atoms with E-state index >= 15 is 0 Å². The van der Waals surface area contributed by atoms with Crippen LogP contribution in [0.1, 0.15) is 25.7 Å². The Kier molecular flexibility index (Phi) is 5.26. The first kappa shape index (κ1) is 17.0. The van der Waals surface area contributed by atoms with Crippen molar-refractivity contribution in [1.29, 1.82) is 0 Å². The topological polar surface area (TPSA) is 77.2 Å². The van der Waals surface area contributed by atoms with Crippen LogP contribution in [0.15, 0.2) is 18.2 Å². The second-order valence-electron chi connectivity index (χ2n) is 5.50. The predicted molar refractivity (Wildman–Crippen MR) is 92.0 cm³/mol. The number of thiazole rings is 1. The number of nitrogens with zero attached hydrogens (tertiary/aromatic N) is 1. The molecule has 3 N–H and O–H groups in total. The maximum absolute atomic E-state index is 12.5. The van der Waals surface area contributed by atoms with Crippen molar-refractivity contribution in [3.8, 4) is 5.75 Å². The van der Waals surface area contributed by atoms with E-state index < -0.39 is 5.41 Å². The average molecular weight is 342 g/mol. The largest absolute Gasteiger partial charge is 0.497 e. The summed E-state index contributed by atoms with van der Waals surface area (Å²) in [6.07, 6.45) is 3.88. The number of carbonyl (C=O) groups is 1. The monoisotopic (exact) mass is 341 g/mol. The second kappa shape index (κ2) is 6.81. The smallest absolute Gasteiger partial charge is 0.233 e. The lowest BCUT2D eigenvalue weighted by atomic mass is 9.85. The van der Waals surface area contributed by atoms with Crippen LogP contribution in [0.5, 0.6) is 5.75 Å². The van der Waals surface area contributed by atoms with Gasteiger partial charge in [0, 0.05) is 6.54 Å². The van der Waals surface area contributed by atoms with Crippen LogP contribution in [0.4, 0.5) is 5.13 Å². The van der Waals surface area contributed by atoms with E-state index in [-0.39, 0.29) is 18.3 Å². The minimum Gasteiger partial charge on any atom is -0.497 e. The molecule has 0 unspecified atom stereocenters. The third-order valence-electron chi connectivity index (χ3n) is 4.25. The first-order valence-corrected chi connectivity index (χ1v) is 7.95. The highest BCUT2D eigenvalue weighted by Gasteiger charge is 2.40. The molecule has 2 aromatic rings. The number of carbonyl (C=O) groups excluding carboxylic acids is 1. The van der Waals surface area contributed by atoms with Crippen LogP contribution in [-0.4, -0.2) is 24.5 Å². The molecule has 1 saturated carbocycles. The summed E-state index contributed by atoms with van der Waals surface area (Å²) in [5, 5.41) is 3.58. The Bertz CT molecular complexity index is 668. The fourth-order valence-corrected chi connectivity index (χ4v) is 3.78. The first-order chi connectivity index (χ1) is 10.2. The van der Waals surface area contributed by atoms with Gasteiger partial charge in [-0.05, 0) is 31.0 Å². The molecule has 0 saturated heterocycles. The van der Waals surface area contributed by atoms with E-state index in [1.54, 1.807) is 7.11 Å². The zero-order valence-corrected chi connectivity index (χ0v) is 14.1. The van der Waals surface area contributed by atoms with Crippen LogP contribution < -0.4 is 15.8 Å². The molecule has 7 heteroatoms. The lowest BCUT2D eigenvalue weighted by Gasteiger charge is -2.24. The van der Waals surface area contributed by atoms with Crippen molar-refractivity contribution in [2.24, 2.45) is 11.1 Å². The van der Waals surface area contributed by atoms with Gasteiger partial charge in [0.25, 0.3) is 0 Å². The molecule has 0 spiro atoms. The highest BCUT2D eigenvalue weighted by atomic mass is 35.5. The molecule has 5 nitrogen and oxygen atoms in total. The molecule has 1 amide bonds. The molecule has 1 aliphatic rings. The summed E-state index contributed by atoms with van der Waals surface area (Å²) in [5.74, 6) is 0.798. The van der Waals surface area contributed by atoms with E-state index in [1.165, 1.54) is 11.3 Å². The number of fused-ring (bicyclic) bond motifs is 1. The zero-order valence-electron chi connectivity index (χ0n) is 12.4. The molecule has 1 aromatic heterocycles. The molecule has 1 heterocycles. The molecule has 1 aliphatic carbocycles. The van der Waals surface area contributed by atoms with Gasteiger partial charge in [0.1, 0.15) is 5.75 Å². The van der Waals surface area contributed by atoms with Gasteiger partial charge in [0.2, 0.25) is 5.91 Å². The summed E-state index contributed by atoms with van der Waals surface area (Å²) < 4.78 is 6.20. The van der Waals surface area contributed by atoms with Crippen molar-refractivity contribution >= 4 is 45.0 Å². The molecule has 3 rings (SSSR count). The van der Waals surface area contributed by atoms with E-state index in [0.717, 1.165) is 41.6 Å². The van der Waals surface area contributed by atoms with Gasteiger partial charge in [0.05, 0.1) is 22.7 Å². The Morgan fingerprint density at radius 2 is 2.18 bits per heavy atom. The Labute approximate surface area is 139 Å². The number of amides is 1. The van der Waals surface area contributed by atoms with Crippen LogP contribution in [0.25, 0.3) is 10.2 Å². The molecular formula is C15H20ClN3O2S. The fourth-order valence-electron chi connectivity index (χ4n) is 2.89. The van der Waals surface area contributed by atoms with Crippen LogP contribution in [0.2, 0.25) is 0 Å². The van der Waals surface area contributed by atoms with Gasteiger partial charge in [-0.15, -0.1) is 12.4 Å². The average Bonchev–Trinajstić information content (AvgIpc) is 3.13. The number of aromatic nitrogens is 1. The molecule has 0 bridgehead atoms. The maximum Gasteiger partial charge on any atom is 0.233 e. The quantitative estimate of drug-likeness (QED) is 0.895. The molecule has 0 radical (unpaired) electrons. The van der Waals surface area contributed by atoms with Gasteiger partial charge in [-0.2, -0.15) is 0 Å². The van der Waals surface area contributed by atoms with Crippen molar-refractivity contribution in [3.63, 3.8) is 0 Å². The summed E-state index contributed by atoms with van der Waals surface area (Å²) in [6, 6.07) is 5.69. The first-order valence-electron chi connectivity index (χ1n) is 7.13. The Hall–Kier alpha value is -1.37. The third kappa shape index (κ3) is 3.04. The summed E-state index contributed by atoms with van der Waals surface area (Å²) in [6.45, 7) is 0.400. The van der Waals surface area contributed by atoms with E-state index in [1.807, 2.05) is 18.2 Å². The van der Waals surface area contributed by atoms with Gasteiger partial charge >= 0.3 is 0 Å². The summed E-state index contributed by atoms with van der Waals surface area (Å²) in [7, 11) is 1.63. The molecular weight excluding hydrogens is 322 g/mol. The number of methoxy groups -OCH3 is 1. The predicted octanol–water partition coefficient (Wildman–Crippen LogP) is 3.18. The number of hydrogen-bond donors (Lipinski definition) is 2. The number of nitrogens with one attached hydrogen (secondary N) is 1. The summed E-state index contributed by atoms with van der Waals surface area (Å²) >= 11 is 1.46. The Morgan fingerprint density at radius 1 is 1.45 bits per heavy atom. The lowest BCUT2D eigenvalue weighted by Crippen LogP contribution is -2.40. The number of rotatable bonds is 4. The van der Waals surface area contributed by atoms with Crippen molar-refractivity contribution in [2.45, 2.75) is 25.7 Å². The maximum atomic E-state index is 12.5. The summed E-state index contributed by atoms with van der Waals surface area (Å²) in [4.78, 5) is 17.0. The van der Waals surface area contributed by atoms with E-state index in [9.17, 15) is 4.79 Å². The van der Waals surface area contributed by atoms with Gasteiger partial charge in [0.15, 0.2) is 5.13 Å². The molecule has 120 valence electrons. The minimum atomic E-state index is -0.407. The van der Waals surface area contributed by atoms with E-state index in [2.05, 4.69) is 10.3 Å². The molecule has 0 aliphatic heterocycles. The number of ether oxygens (including phenoxy) is 1. The zero-order chi connectivity index (χ0) is 14.9. The fraction of sp³-hybridized carbons (Fsp3) is 0.467. The van der Waals surface area contributed by atoms with E-state index in [0.29, 0.717) is 11.7 Å². The molecule has 1 aromatic carbocycles. The van der Waals surface area contributed by atoms with Gasteiger partial charge < -0.3 is 15.8 Å². The number of hydrogen-bond acceptors (Lipinski definition) is 5. The van der Waals surface area contributed by atoms with Gasteiger partial charge in [-0.3, -0.25) is 4.79 Å². The van der Waals surface area contributed by atoms with Crippen LogP contribution in [0.3, 0.4) is 0 Å². The normalized spacial score (nSPS) is 16.3. The van der Waals surface area contributed by atoms with Crippen LogP contribution in [0, 0.1) is 5.41 Å². The van der Waals surface area contributed by atoms with Gasteiger partial charge in [-0.25, -0.2) is 4.98 Å². The SMILES string of the molecule is COc1ccc2nc(NC(=O)C3(CN)CCCC3)sc2c1.Cl.